The molecule has 0 aliphatic carbocycles. The van der Waals surface area contributed by atoms with Crippen LogP contribution in [0.15, 0.2) is 0 Å². The van der Waals surface area contributed by atoms with Gasteiger partial charge in [0.2, 0.25) is 0 Å². The minimum Gasteiger partial charge on any atom is -0.394 e. The molecular formula is C15H25N3O2S. The van der Waals surface area contributed by atoms with Gasteiger partial charge in [-0.1, -0.05) is 13.8 Å². The van der Waals surface area contributed by atoms with Crippen LogP contribution < -0.4 is 5.32 Å². The summed E-state index contributed by atoms with van der Waals surface area (Å²) in [7, 11) is 0. The summed E-state index contributed by atoms with van der Waals surface area (Å²) in [5.74, 6) is 0.370. The zero-order valence-electron chi connectivity index (χ0n) is 13.1. The lowest BCUT2D eigenvalue weighted by Crippen LogP contribution is -2.46. The van der Waals surface area contributed by atoms with Crippen molar-refractivity contribution in [3.63, 3.8) is 0 Å². The van der Waals surface area contributed by atoms with Crippen LogP contribution in [0.5, 0.6) is 0 Å². The largest absolute Gasteiger partial charge is 0.394 e. The molecule has 0 spiro atoms. The molecule has 1 fully saturated rings. The van der Waals surface area contributed by atoms with Crippen LogP contribution in [0, 0.1) is 12.8 Å². The van der Waals surface area contributed by atoms with E-state index >= 15 is 0 Å². The van der Waals surface area contributed by atoms with Crippen LogP contribution in [0.1, 0.15) is 35.8 Å². The van der Waals surface area contributed by atoms with E-state index in [2.05, 4.69) is 31.1 Å². The predicted molar refractivity (Wildman–Crippen MR) is 84.7 cm³/mol. The number of aromatic nitrogens is 1. The molecule has 1 saturated heterocycles. The van der Waals surface area contributed by atoms with Crippen LogP contribution in [-0.4, -0.2) is 46.8 Å². The molecule has 5 nitrogen and oxygen atoms in total. The van der Waals surface area contributed by atoms with Crippen molar-refractivity contribution in [1.29, 1.82) is 0 Å². The minimum atomic E-state index is -0.0672. The zero-order valence-corrected chi connectivity index (χ0v) is 13.9. The number of rotatable bonds is 5. The van der Waals surface area contributed by atoms with Gasteiger partial charge in [0.25, 0.3) is 0 Å². The molecule has 0 saturated carbocycles. The number of likely N-dealkylation sites (tertiary alicyclic amines) is 1. The molecule has 0 unspecified atom stereocenters. The highest BCUT2D eigenvalue weighted by Gasteiger charge is 2.33. The van der Waals surface area contributed by atoms with Crippen molar-refractivity contribution in [3.8, 4) is 0 Å². The molecule has 6 heteroatoms. The fourth-order valence-corrected chi connectivity index (χ4v) is 3.86. The topological polar surface area (TPSA) is 65.5 Å². The van der Waals surface area contributed by atoms with Gasteiger partial charge >= 0.3 is 6.03 Å². The molecule has 2 amide bonds. The van der Waals surface area contributed by atoms with Crippen molar-refractivity contribution in [2.45, 2.75) is 46.1 Å². The number of carbonyl (C=O) groups excluding carboxylic acids is 1. The third-order valence-electron chi connectivity index (χ3n) is 4.22. The van der Waals surface area contributed by atoms with Gasteiger partial charge in [0.05, 0.1) is 23.4 Å². The van der Waals surface area contributed by atoms with Gasteiger partial charge in [-0.3, -0.25) is 0 Å². The highest BCUT2D eigenvalue weighted by Crippen LogP contribution is 2.23. The highest BCUT2D eigenvalue weighted by atomic mass is 32.1. The van der Waals surface area contributed by atoms with Crippen LogP contribution in [0.25, 0.3) is 0 Å². The van der Waals surface area contributed by atoms with Crippen molar-refractivity contribution < 1.29 is 9.90 Å². The lowest BCUT2D eigenvalue weighted by atomic mass is 10.0. The standard InChI is InChI=1S/C15H25N3O2S/c1-4-12-11(3)21-14(17-12)5-7-16-15(20)18-8-6-10(2)13(18)9-19/h10,13,19H,4-9H2,1-3H3,(H,16,20)/t10-,13+/m1/s1. The van der Waals surface area contributed by atoms with E-state index in [-0.39, 0.29) is 18.7 Å². The molecule has 2 rings (SSSR count). The number of hydrogen-bond acceptors (Lipinski definition) is 4. The van der Waals surface area contributed by atoms with Gasteiger partial charge in [-0.2, -0.15) is 0 Å². The number of aliphatic hydroxyl groups is 1. The van der Waals surface area contributed by atoms with Gasteiger partial charge in [-0.25, -0.2) is 9.78 Å². The second kappa shape index (κ2) is 7.22. The van der Waals surface area contributed by atoms with E-state index in [0.717, 1.165) is 36.5 Å². The fourth-order valence-electron chi connectivity index (χ4n) is 2.84. The van der Waals surface area contributed by atoms with Gasteiger partial charge in [-0.05, 0) is 25.7 Å². The van der Waals surface area contributed by atoms with E-state index in [1.807, 2.05) is 0 Å². The summed E-state index contributed by atoms with van der Waals surface area (Å²) in [4.78, 5) is 19.8. The molecule has 2 atom stereocenters. The normalized spacial score (nSPS) is 21.8. The number of aliphatic hydroxyl groups excluding tert-OH is 1. The summed E-state index contributed by atoms with van der Waals surface area (Å²) < 4.78 is 0. The lowest BCUT2D eigenvalue weighted by Gasteiger charge is -2.25. The van der Waals surface area contributed by atoms with Crippen LogP contribution in [0.3, 0.4) is 0 Å². The summed E-state index contributed by atoms with van der Waals surface area (Å²) in [5, 5.41) is 13.4. The van der Waals surface area contributed by atoms with Crippen molar-refractivity contribution >= 4 is 17.4 Å². The third-order valence-corrected chi connectivity index (χ3v) is 5.29. The quantitative estimate of drug-likeness (QED) is 0.874. The molecule has 1 aromatic heterocycles. The second-order valence-electron chi connectivity index (χ2n) is 5.66. The van der Waals surface area contributed by atoms with Crippen LogP contribution in [-0.2, 0) is 12.8 Å². The predicted octanol–water partition coefficient (Wildman–Crippen LogP) is 1.97. The van der Waals surface area contributed by atoms with Crippen molar-refractivity contribution in [2.24, 2.45) is 5.92 Å². The Morgan fingerprint density at radius 2 is 2.33 bits per heavy atom. The first-order valence-electron chi connectivity index (χ1n) is 7.67. The summed E-state index contributed by atoms with van der Waals surface area (Å²) in [5.41, 5.74) is 1.16. The molecule has 0 aromatic carbocycles. The molecule has 0 bridgehead atoms. The first-order chi connectivity index (χ1) is 10.1. The number of nitrogens with zero attached hydrogens (tertiary/aromatic N) is 2. The van der Waals surface area contributed by atoms with Crippen LogP contribution in [0.4, 0.5) is 4.79 Å². The average molecular weight is 311 g/mol. The summed E-state index contributed by atoms with van der Waals surface area (Å²) in [6.45, 7) is 7.65. The minimum absolute atomic E-state index is 0.0418. The van der Waals surface area contributed by atoms with E-state index < -0.39 is 0 Å². The molecule has 1 aromatic rings. The zero-order chi connectivity index (χ0) is 15.4. The Bertz CT molecular complexity index is 489. The Morgan fingerprint density at radius 3 is 2.95 bits per heavy atom. The van der Waals surface area contributed by atoms with E-state index in [1.165, 1.54) is 4.88 Å². The maximum absolute atomic E-state index is 12.2. The molecule has 21 heavy (non-hydrogen) atoms. The maximum atomic E-state index is 12.2. The molecular weight excluding hydrogens is 286 g/mol. The Morgan fingerprint density at radius 1 is 1.57 bits per heavy atom. The average Bonchev–Trinajstić information content (AvgIpc) is 3.01. The molecule has 1 aliphatic rings. The Balaban J connectivity index is 1.81. The number of urea groups is 1. The number of hydrogen-bond donors (Lipinski definition) is 2. The number of nitrogens with one attached hydrogen (secondary N) is 1. The van der Waals surface area contributed by atoms with Crippen molar-refractivity contribution in [2.75, 3.05) is 19.7 Å². The van der Waals surface area contributed by atoms with E-state index in [1.54, 1.807) is 16.2 Å². The summed E-state index contributed by atoms with van der Waals surface area (Å²) in [6.07, 6.45) is 2.69. The smallest absolute Gasteiger partial charge is 0.317 e. The van der Waals surface area contributed by atoms with Crippen LogP contribution >= 0.6 is 11.3 Å². The Hall–Kier alpha value is -1.14. The van der Waals surface area contributed by atoms with Gasteiger partial charge in [0.1, 0.15) is 0 Å². The van der Waals surface area contributed by atoms with Gasteiger partial charge in [0, 0.05) is 24.4 Å². The summed E-state index contributed by atoms with van der Waals surface area (Å²) >= 11 is 1.71. The Labute approximate surface area is 130 Å². The fraction of sp³-hybridized carbons (Fsp3) is 0.733. The van der Waals surface area contributed by atoms with E-state index in [0.29, 0.717) is 12.5 Å². The number of carbonyl (C=O) groups is 1. The lowest BCUT2D eigenvalue weighted by molar-refractivity contribution is 0.144. The van der Waals surface area contributed by atoms with Crippen molar-refractivity contribution in [1.82, 2.24) is 15.2 Å². The number of aryl methyl sites for hydroxylation is 2. The van der Waals surface area contributed by atoms with Crippen LogP contribution in [0.2, 0.25) is 0 Å². The molecule has 118 valence electrons. The van der Waals surface area contributed by atoms with Gasteiger partial charge in [0.15, 0.2) is 0 Å². The first kappa shape index (κ1) is 16.2. The number of thiazole rings is 1. The van der Waals surface area contributed by atoms with Gasteiger partial charge in [-0.15, -0.1) is 11.3 Å². The molecule has 0 radical (unpaired) electrons. The van der Waals surface area contributed by atoms with E-state index in [4.69, 9.17) is 0 Å². The monoisotopic (exact) mass is 311 g/mol. The maximum Gasteiger partial charge on any atom is 0.317 e. The third kappa shape index (κ3) is 3.74. The van der Waals surface area contributed by atoms with E-state index in [9.17, 15) is 9.90 Å². The second-order valence-corrected chi connectivity index (χ2v) is 6.94. The molecule has 1 aliphatic heterocycles. The Kier molecular flexibility index (Phi) is 5.58. The van der Waals surface area contributed by atoms with Gasteiger partial charge < -0.3 is 15.3 Å². The van der Waals surface area contributed by atoms with Crippen molar-refractivity contribution in [3.05, 3.63) is 15.6 Å². The highest BCUT2D eigenvalue weighted by molar-refractivity contribution is 7.11. The summed E-state index contributed by atoms with van der Waals surface area (Å²) in [6, 6.07) is -0.110. The number of amides is 2. The molecule has 2 heterocycles. The molecule has 2 N–H and O–H groups in total. The first-order valence-corrected chi connectivity index (χ1v) is 8.49. The SMILES string of the molecule is CCc1nc(CCNC(=O)N2CC[C@@H](C)[C@@H]2CO)sc1C.